The Kier molecular flexibility index (Phi) is 7.89. The summed E-state index contributed by atoms with van der Waals surface area (Å²) in [6.07, 6.45) is 0. The quantitative estimate of drug-likeness (QED) is 0.389. The summed E-state index contributed by atoms with van der Waals surface area (Å²) in [5, 5.41) is 7.13. The van der Waals surface area contributed by atoms with Gasteiger partial charge in [0, 0.05) is 22.9 Å². The van der Waals surface area contributed by atoms with Gasteiger partial charge in [-0.25, -0.2) is 0 Å². The van der Waals surface area contributed by atoms with Crippen molar-refractivity contribution in [3.05, 3.63) is 80.8 Å². The molecule has 0 atom stereocenters. The van der Waals surface area contributed by atoms with Crippen LogP contribution >= 0.6 is 23.2 Å². The Morgan fingerprint density at radius 2 is 1.75 bits per heavy atom. The Morgan fingerprint density at radius 1 is 0.969 bits per heavy atom. The van der Waals surface area contributed by atoms with Gasteiger partial charge in [0.15, 0.2) is 18.1 Å². The van der Waals surface area contributed by atoms with Crippen LogP contribution in [0, 0.1) is 20.8 Å². The monoisotopic (exact) mass is 472 g/mol. The van der Waals surface area contributed by atoms with Crippen LogP contribution in [0.2, 0.25) is 10.0 Å². The number of benzene rings is 3. The number of hydrogen-bond acceptors (Lipinski definition) is 4. The predicted molar refractivity (Wildman–Crippen MR) is 132 cm³/mol. The standard InChI is InChI=1S/C25H26Cl2N2O3/c1-15-6-5-7-22(17(15)3)28-13-18-10-21(27)25(23(11-18)31-4)32-14-24(30)29-19-9-8-16(2)20(26)12-19/h5-12,28H,13-14H2,1-4H3,(H,29,30). The molecule has 0 aromatic heterocycles. The lowest BCUT2D eigenvalue weighted by atomic mass is 10.1. The highest BCUT2D eigenvalue weighted by Crippen LogP contribution is 2.36. The second-order valence-electron chi connectivity index (χ2n) is 7.51. The van der Waals surface area contributed by atoms with Crippen LogP contribution in [0.5, 0.6) is 11.5 Å². The zero-order valence-corrected chi connectivity index (χ0v) is 20.0. The number of halogens is 2. The molecule has 0 aliphatic rings. The van der Waals surface area contributed by atoms with Crippen LogP contribution < -0.4 is 20.1 Å². The number of methoxy groups -OCH3 is 1. The van der Waals surface area contributed by atoms with Crippen molar-refractivity contribution < 1.29 is 14.3 Å². The molecule has 32 heavy (non-hydrogen) atoms. The maximum absolute atomic E-state index is 12.3. The molecule has 0 radical (unpaired) electrons. The van der Waals surface area contributed by atoms with E-state index in [0.717, 1.165) is 16.8 Å². The fourth-order valence-corrected chi connectivity index (χ4v) is 3.63. The molecular weight excluding hydrogens is 447 g/mol. The molecule has 7 heteroatoms. The third kappa shape index (κ3) is 5.87. The van der Waals surface area contributed by atoms with Gasteiger partial charge in [-0.1, -0.05) is 41.4 Å². The second kappa shape index (κ2) is 10.6. The molecule has 0 saturated heterocycles. The minimum atomic E-state index is -0.330. The Bertz CT molecular complexity index is 1130. The summed E-state index contributed by atoms with van der Waals surface area (Å²) in [6.45, 7) is 6.40. The van der Waals surface area contributed by atoms with Gasteiger partial charge in [0.25, 0.3) is 5.91 Å². The molecule has 0 aliphatic heterocycles. The molecule has 0 aliphatic carbocycles. The van der Waals surface area contributed by atoms with Gasteiger partial charge in [0.1, 0.15) is 0 Å². The van der Waals surface area contributed by atoms with Gasteiger partial charge in [-0.15, -0.1) is 0 Å². The third-order valence-electron chi connectivity index (χ3n) is 5.18. The number of amides is 1. The number of aryl methyl sites for hydroxylation is 2. The van der Waals surface area contributed by atoms with E-state index in [1.807, 2.05) is 31.2 Å². The Morgan fingerprint density at radius 3 is 2.47 bits per heavy atom. The van der Waals surface area contributed by atoms with Gasteiger partial charge < -0.3 is 20.1 Å². The number of ether oxygens (including phenoxy) is 2. The van der Waals surface area contributed by atoms with Crippen LogP contribution in [0.4, 0.5) is 11.4 Å². The van der Waals surface area contributed by atoms with Gasteiger partial charge in [0.05, 0.1) is 12.1 Å². The van der Waals surface area contributed by atoms with Crippen molar-refractivity contribution in [1.29, 1.82) is 0 Å². The zero-order valence-electron chi connectivity index (χ0n) is 18.5. The summed E-state index contributed by atoms with van der Waals surface area (Å²) in [5.74, 6) is 0.451. The largest absolute Gasteiger partial charge is 0.493 e. The van der Waals surface area contributed by atoms with Gasteiger partial charge in [-0.3, -0.25) is 4.79 Å². The van der Waals surface area contributed by atoms with E-state index in [0.29, 0.717) is 33.8 Å². The van der Waals surface area contributed by atoms with Crippen LogP contribution in [-0.2, 0) is 11.3 Å². The minimum absolute atomic E-state index is 0.221. The number of anilines is 2. The Hall–Kier alpha value is -2.89. The first-order valence-corrected chi connectivity index (χ1v) is 10.9. The molecule has 3 rings (SSSR count). The van der Waals surface area contributed by atoms with E-state index < -0.39 is 0 Å². The first-order valence-electron chi connectivity index (χ1n) is 10.1. The lowest BCUT2D eigenvalue weighted by Gasteiger charge is -2.16. The normalized spacial score (nSPS) is 10.6. The van der Waals surface area contributed by atoms with E-state index in [9.17, 15) is 4.79 Å². The maximum atomic E-state index is 12.3. The summed E-state index contributed by atoms with van der Waals surface area (Å²) in [6, 6.07) is 15.1. The van der Waals surface area contributed by atoms with Crippen molar-refractivity contribution in [2.24, 2.45) is 0 Å². The van der Waals surface area contributed by atoms with E-state index in [-0.39, 0.29) is 12.5 Å². The second-order valence-corrected chi connectivity index (χ2v) is 8.33. The van der Waals surface area contributed by atoms with Crippen molar-refractivity contribution in [2.45, 2.75) is 27.3 Å². The molecule has 3 aromatic carbocycles. The SMILES string of the molecule is COc1cc(CNc2cccc(C)c2C)cc(Cl)c1OCC(=O)Nc1ccc(C)c(Cl)c1. The van der Waals surface area contributed by atoms with Crippen molar-refractivity contribution >= 4 is 40.5 Å². The summed E-state index contributed by atoms with van der Waals surface area (Å²) < 4.78 is 11.1. The minimum Gasteiger partial charge on any atom is -0.493 e. The number of nitrogens with one attached hydrogen (secondary N) is 2. The molecule has 0 bridgehead atoms. The highest BCUT2D eigenvalue weighted by atomic mass is 35.5. The van der Waals surface area contributed by atoms with Gasteiger partial charge >= 0.3 is 0 Å². The zero-order chi connectivity index (χ0) is 23.3. The first-order chi connectivity index (χ1) is 15.3. The average Bonchev–Trinajstić information content (AvgIpc) is 2.76. The molecular formula is C25H26Cl2N2O3. The summed E-state index contributed by atoms with van der Waals surface area (Å²) in [4.78, 5) is 12.3. The van der Waals surface area contributed by atoms with Crippen molar-refractivity contribution in [3.63, 3.8) is 0 Å². The first kappa shape index (κ1) is 23.8. The Labute approximate surface area is 198 Å². The third-order valence-corrected chi connectivity index (χ3v) is 5.87. The number of hydrogen-bond donors (Lipinski definition) is 2. The molecule has 0 saturated carbocycles. The van der Waals surface area contributed by atoms with E-state index in [1.165, 1.54) is 18.2 Å². The van der Waals surface area contributed by atoms with Gasteiger partial charge in [0.2, 0.25) is 0 Å². The van der Waals surface area contributed by atoms with E-state index in [1.54, 1.807) is 18.2 Å². The molecule has 2 N–H and O–H groups in total. The molecule has 0 unspecified atom stereocenters. The number of carbonyl (C=O) groups is 1. The molecule has 0 fully saturated rings. The molecule has 1 amide bonds. The Balaban J connectivity index is 1.66. The lowest BCUT2D eigenvalue weighted by Crippen LogP contribution is -2.20. The number of rotatable bonds is 8. The average molecular weight is 473 g/mol. The van der Waals surface area contributed by atoms with Crippen LogP contribution in [0.1, 0.15) is 22.3 Å². The summed E-state index contributed by atoms with van der Waals surface area (Å²) in [7, 11) is 1.54. The lowest BCUT2D eigenvalue weighted by molar-refractivity contribution is -0.118. The predicted octanol–water partition coefficient (Wildman–Crippen LogP) is 6.56. The highest BCUT2D eigenvalue weighted by molar-refractivity contribution is 6.32. The van der Waals surface area contributed by atoms with Crippen LogP contribution in [0.25, 0.3) is 0 Å². The van der Waals surface area contributed by atoms with Crippen LogP contribution in [0.3, 0.4) is 0 Å². The van der Waals surface area contributed by atoms with Crippen molar-refractivity contribution in [2.75, 3.05) is 24.4 Å². The number of carbonyl (C=O) groups excluding carboxylic acids is 1. The molecule has 5 nitrogen and oxygen atoms in total. The van der Waals surface area contributed by atoms with Crippen LogP contribution in [-0.4, -0.2) is 19.6 Å². The fraction of sp³-hybridized carbons (Fsp3) is 0.240. The van der Waals surface area contributed by atoms with Crippen LogP contribution in [0.15, 0.2) is 48.5 Å². The van der Waals surface area contributed by atoms with Gasteiger partial charge in [-0.05, 0) is 73.4 Å². The van der Waals surface area contributed by atoms with Gasteiger partial charge in [-0.2, -0.15) is 0 Å². The molecule has 168 valence electrons. The summed E-state index contributed by atoms with van der Waals surface area (Å²) >= 11 is 12.6. The topological polar surface area (TPSA) is 59.6 Å². The molecule has 3 aromatic rings. The van der Waals surface area contributed by atoms with Crippen molar-refractivity contribution in [3.8, 4) is 11.5 Å². The van der Waals surface area contributed by atoms with E-state index in [4.69, 9.17) is 32.7 Å². The molecule has 0 heterocycles. The maximum Gasteiger partial charge on any atom is 0.262 e. The summed E-state index contributed by atoms with van der Waals surface area (Å²) in [5.41, 5.74) is 5.95. The fourth-order valence-electron chi connectivity index (χ4n) is 3.16. The highest BCUT2D eigenvalue weighted by Gasteiger charge is 2.15. The molecule has 0 spiro atoms. The van der Waals surface area contributed by atoms with E-state index in [2.05, 4.69) is 30.5 Å². The smallest absolute Gasteiger partial charge is 0.262 e. The van der Waals surface area contributed by atoms with E-state index >= 15 is 0 Å². The van der Waals surface area contributed by atoms with Crippen molar-refractivity contribution in [1.82, 2.24) is 0 Å².